The summed E-state index contributed by atoms with van der Waals surface area (Å²) < 4.78 is 16.6. The van der Waals surface area contributed by atoms with Crippen LogP contribution in [0.4, 0.5) is 4.39 Å². The summed E-state index contributed by atoms with van der Waals surface area (Å²) in [6.07, 6.45) is 1.34. The fraction of sp³-hybridized carbons (Fsp3) is 0.429. The lowest BCUT2D eigenvalue weighted by molar-refractivity contribution is -0.132. The van der Waals surface area contributed by atoms with Gasteiger partial charge in [-0.05, 0) is 51.0 Å². The van der Waals surface area contributed by atoms with Crippen molar-refractivity contribution in [2.24, 2.45) is 0 Å². The molecule has 0 bridgehead atoms. The largest absolute Gasteiger partial charge is 0.342 e. The van der Waals surface area contributed by atoms with E-state index in [0.29, 0.717) is 44.4 Å². The third-order valence-corrected chi connectivity index (χ3v) is 5.71. The Bertz CT molecular complexity index is 1220. The molecule has 4 rings (SSSR count). The molecule has 1 fully saturated rings. The third kappa shape index (κ3) is 3.79. The van der Waals surface area contributed by atoms with Crippen LogP contribution in [0.1, 0.15) is 36.7 Å². The molecule has 1 aliphatic rings. The Morgan fingerprint density at radius 3 is 2.60 bits per heavy atom. The first-order chi connectivity index (χ1) is 14.3. The van der Waals surface area contributed by atoms with Crippen molar-refractivity contribution in [2.75, 3.05) is 13.1 Å². The van der Waals surface area contributed by atoms with Crippen LogP contribution < -0.4 is 11.2 Å². The quantitative estimate of drug-likeness (QED) is 0.707. The molecular formula is C21H24FN5O3. The number of carbonyl (C=O) groups excluding carboxylic acids is 1. The zero-order valence-corrected chi connectivity index (χ0v) is 17.0. The molecule has 0 unspecified atom stereocenters. The van der Waals surface area contributed by atoms with Crippen molar-refractivity contribution in [3.63, 3.8) is 0 Å². The van der Waals surface area contributed by atoms with Crippen LogP contribution in [0.5, 0.6) is 0 Å². The number of benzene rings is 1. The number of hydrogen-bond donors (Lipinski definition) is 1. The maximum Gasteiger partial charge on any atom is 0.329 e. The minimum atomic E-state index is -0.527. The fourth-order valence-corrected chi connectivity index (χ4v) is 4.17. The number of halogens is 1. The summed E-state index contributed by atoms with van der Waals surface area (Å²) in [5.41, 5.74) is 1.26. The summed E-state index contributed by atoms with van der Waals surface area (Å²) in [4.78, 5) is 42.3. The molecule has 1 saturated heterocycles. The van der Waals surface area contributed by atoms with Gasteiger partial charge in [0.2, 0.25) is 5.91 Å². The summed E-state index contributed by atoms with van der Waals surface area (Å²) in [6, 6.07) is 5.39. The lowest BCUT2D eigenvalue weighted by Gasteiger charge is -2.32. The Labute approximate surface area is 171 Å². The molecule has 1 aliphatic heterocycles. The van der Waals surface area contributed by atoms with Gasteiger partial charge in [0.25, 0.3) is 5.56 Å². The Morgan fingerprint density at radius 2 is 1.93 bits per heavy atom. The van der Waals surface area contributed by atoms with Crippen LogP contribution >= 0.6 is 0 Å². The third-order valence-electron chi connectivity index (χ3n) is 5.71. The van der Waals surface area contributed by atoms with Crippen LogP contribution in [0.3, 0.4) is 0 Å². The van der Waals surface area contributed by atoms with E-state index in [4.69, 9.17) is 0 Å². The molecule has 0 atom stereocenters. The summed E-state index contributed by atoms with van der Waals surface area (Å²) in [5, 5.41) is 4.52. The minimum absolute atomic E-state index is 0.0304. The van der Waals surface area contributed by atoms with Crippen molar-refractivity contribution in [1.82, 2.24) is 24.2 Å². The number of piperidine rings is 1. The minimum Gasteiger partial charge on any atom is -0.342 e. The number of hydrogen-bond acceptors (Lipinski definition) is 4. The summed E-state index contributed by atoms with van der Waals surface area (Å²) in [5.74, 6) is -0.496. The predicted octanol–water partition coefficient (Wildman–Crippen LogP) is 1.90. The number of aromatic amines is 1. The van der Waals surface area contributed by atoms with E-state index in [9.17, 15) is 18.8 Å². The van der Waals surface area contributed by atoms with E-state index < -0.39 is 17.1 Å². The second-order valence-corrected chi connectivity index (χ2v) is 7.81. The van der Waals surface area contributed by atoms with Crippen LogP contribution in [0, 0.1) is 19.7 Å². The van der Waals surface area contributed by atoms with Crippen LogP contribution in [0.2, 0.25) is 0 Å². The van der Waals surface area contributed by atoms with Gasteiger partial charge in [-0.1, -0.05) is 0 Å². The van der Waals surface area contributed by atoms with Gasteiger partial charge in [0.05, 0.1) is 16.6 Å². The van der Waals surface area contributed by atoms with E-state index >= 15 is 0 Å². The maximum absolute atomic E-state index is 13.6. The van der Waals surface area contributed by atoms with Gasteiger partial charge in [0.1, 0.15) is 5.82 Å². The highest BCUT2D eigenvalue weighted by atomic mass is 19.1. The highest BCUT2D eigenvalue weighted by molar-refractivity contribution is 5.77. The van der Waals surface area contributed by atoms with Crippen molar-refractivity contribution in [1.29, 1.82) is 0 Å². The number of aryl methyl sites for hydroxylation is 3. The highest BCUT2D eigenvalue weighted by Crippen LogP contribution is 2.21. The van der Waals surface area contributed by atoms with Gasteiger partial charge in [-0.25, -0.2) is 9.18 Å². The smallest absolute Gasteiger partial charge is 0.329 e. The number of fused-ring (bicyclic) bond motifs is 1. The van der Waals surface area contributed by atoms with Crippen molar-refractivity contribution in [2.45, 2.75) is 45.7 Å². The van der Waals surface area contributed by atoms with E-state index in [1.54, 1.807) is 4.90 Å². The molecule has 30 heavy (non-hydrogen) atoms. The van der Waals surface area contributed by atoms with Gasteiger partial charge < -0.3 is 9.88 Å². The molecule has 0 spiro atoms. The number of nitrogens with one attached hydrogen (secondary N) is 1. The molecule has 0 saturated carbocycles. The topological polar surface area (TPSA) is 93.0 Å². The maximum atomic E-state index is 13.6. The zero-order chi connectivity index (χ0) is 21.4. The number of rotatable bonds is 4. The monoisotopic (exact) mass is 413 g/mol. The first-order valence-electron chi connectivity index (χ1n) is 10.1. The van der Waals surface area contributed by atoms with E-state index in [1.165, 1.54) is 16.7 Å². The number of aromatic nitrogens is 4. The van der Waals surface area contributed by atoms with Crippen molar-refractivity contribution in [3.05, 3.63) is 62.3 Å². The lowest BCUT2D eigenvalue weighted by atomic mass is 10.0. The molecule has 9 heteroatoms. The van der Waals surface area contributed by atoms with Crippen molar-refractivity contribution >= 4 is 16.8 Å². The number of carbonyl (C=O) groups is 1. The number of nitrogens with zero attached hydrogens (tertiary/aromatic N) is 4. The summed E-state index contributed by atoms with van der Waals surface area (Å²) >= 11 is 0. The number of amides is 1. The second kappa shape index (κ2) is 7.89. The standard InChI is InChI=1S/C21H24FN5O3/c1-13-11-14(2)26(24-13)10-7-19(28)25-8-5-16(6-9-25)27-20(29)17-12-15(22)3-4-18(17)23-21(27)30/h3-4,11-12,16H,5-10H2,1-2H3,(H,23,30). The molecule has 158 valence electrons. The zero-order valence-electron chi connectivity index (χ0n) is 17.0. The SMILES string of the molecule is Cc1cc(C)n(CCC(=O)N2CCC(n3c(=O)[nH]c4ccc(F)cc4c3=O)CC2)n1. The second-order valence-electron chi connectivity index (χ2n) is 7.81. The molecule has 1 aromatic carbocycles. The molecule has 0 radical (unpaired) electrons. The first-order valence-corrected chi connectivity index (χ1v) is 10.1. The van der Waals surface area contributed by atoms with E-state index in [1.807, 2.05) is 24.6 Å². The van der Waals surface area contributed by atoms with Gasteiger partial charge in [-0.2, -0.15) is 5.10 Å². The number of H-pyrrole nitrogens is 1. The molecule has 3 heterocycles. The van der Waals surface area contributed by atoms with Gasteiger partial charge >= 0.3 is 5.69 Å². The molecular weight excluding hydrogens is 389 g/mol. The van der Waals surface area contributed by atoms with Gasteiger partial charge in [-0.15, -0.1) is 0 Å². The Morgan fingerprint density at radius 1 is 1.20 bits per heavy atom. The average Bonchev–Trinajstić information content (AvgIpc) is 3.04. The normalized spacial score (nSPS) is 15.1. The van der Waals surface area contributed by atoms with Crippen molar-refractivity contribution < 1.29 is 9.18 Å². The number of likely N-dealkylation sites (tertiary alicyclic amines) is 1. The Balaban J connectivity index is 1.44. The first kappa shape index (κ1) is 20.1. The van der Waals surface area contributed by atoms with Gasteiger partial charge in [0, 0.05) is 37.8 Å². The van der Waals surface area contributed by atoms with E-state index in [0.717, 1.165) is 17.5 Å². The van der Waals surface area contributed by atoms with Gasteiger partial charge in [0.15, 0.2) is 0 Å². The average molecular weight is 413 g/mol. The molecule has 2 aromatic heterocycles. The fourth-order valence-electron chi connectivity index (χ4n) is 4.17. The highest BCUT2D eigenvalue weighted by Gasteiger charge is 2.26. The molecule has 8 nitrogen and oxygen atoms in total. The Hall–Kier alpha value is -3.23. The molecule has 1 N–H and O–H groups in total. The van der Waals surface area contributed by atoms with Crippen LogP contribution in [-0.4, -0.2) is 43.2 Å². The van der Waals surface area contributed by atoms with Crippen LogP contribution in [0.15, 0.2) is 33.9 Å². The van der Waals surface area contributed by atoms with Crippen LogP contribution in [0.25, 0.3) is 10.9 Å². The van der Waals surface area contributed by atoms with E-state index in [-0.39, 0.29) is 17.3 Å². The predicted molar refractivity (Wildman–Crippen MR) is 110 cm³/mol. The Kier molecular flexibility index (Phi) is 5.27. The van der Waals surface area contributed by atoms with Gasteiger partial charge in [-0.3, -0.25) is 18.8 Å². The lowest BCUT2D eigenvalue weighted by Crippen LogP contribution is -2.45. The van der Waals surface area contributed by atoms with Crippen molar-refractivity contribution in [3.8, 4) is 0 Å². The molecule has 1 amide bonds. The summed E-state index contributed by atoms with van der Waals surface area (Å²) in [7, 11) is 0. The van der Waals surface area contributed by atoms with E-state index in [2.05, 4.69) is 10.1 Å². The molecule has 3 aromatic rings. The van der Waals surface area contributed by atoms with Crippen LogP contribution in [-0.2, 0) is 11.3 Å². The summed E-state index contributed by atoms with van der Waals surface area (Å²) in [6.45, 7) is 5.33. The molecule has 0 aliphatic carbocycles.